The Labute approximate surface area is 604 Å². The molecule has 1 aliphatic heterocycles. The van der Waals surface area contributed by atoms with Crippen molar-refractivity contribution >= 4 is 74.6 Å². The van der Waals surface area contributed by atoms with Crippen LogP contribution in [0.5, 0.6) is 0 Å². The molecule has 0 amide bonds. The van der Waals surface area contributed by atoms with Gasteiger partial charge >= 0.3 is 15.6 Å². The molecule has 0 bridgehead atoms. The van der Waals surface area contributed by atoms with Crippen molar-refractivity contribution in [3.63, 3.8) is 0 Å². The average molecular weight is 1520 g/mol. The van der Waals surface area contributed by atoms with Crippen LogP contribution < -0.4 is 0 Å². The number of alkyl halides is 3. The first-order valence-electron chi connectivity index (χ1n) is 34.1. The van der Waals surface area contributed by atoms with Gasteiger partial charge in [0.05, 0.1) is 51.3 Å². The fourth-order valence-electron chi connectivity index (χ4n) is 5.22. The molecule has 1 fully saturated rings. The first-order chi connectivity index (χ1) is 42.8. The third-order valence-electron chi connectivity index (χ3n) is 19.3. The van der Waals surface area contributed by atoms with Gasteiger partial charge in [-0.3, -0.25) is 0 Å². The summed E-state index contributed by atoms with van der Waals surface area (Å²) < 4.78 is 104. The number of rotatable bonds is 23. The summed E-state index contributed by atoms with van der Waals surface area (Å²) in [5.41, 5.74) is -5.34. The van der Waals surface area contributed by atoms with Gasteiger partial charge in [-0.05, 0) is 162 Å². The molecule has 0 saturated carbocycles. The molecule has 97 heavy (non-hydrogen) atoms. The summed E-state index contributed by atoms with van der Waals surface area (Å²) in [6.07, 6.45) is 7.41. The zero-order valence-electron chi connectivity index (χ0n) is 69.3. The lowest BCUT2D eigenvalue weighted by Crippen LogP contribution is -2.47. The number of carbonyl (C=O) groups is 1. The highest BCUT2D eigenvalue weighted by Crippen LogP contribution is 2.43. The second kappa shape index (κ2) is 44.2. The van der Waals surface area contributed by atoms with E-state index in [1.165, 1.54) is 13.1 Å². The molecule has 0 aromatic carbocycles. The summed E-state index contributed by atoms with van der Waals surface area (Å²) >= 11 is 0. The number of aliphatic hydroxyl groups excluding tert-OH is 2. The number of halogens is 3. The molecule has 0 unspecified atom stereocenters. The van der Waals surface area contributed by atoms with E-state index in [1.54, 1.807) is 48.5 Å². The van der Waals surface area contributed by atoms with Crippen molar-refractivity contribution in [2.45, 2.75) is 369 Å². The number of terminal acetylenes is 1. The van der Waals surface area contributed by atoms with E-state index >= 15 is 0 Å². The molecular weight excluding hydrogens is 1370 g/mol. The summed E-state index contributed by atoms with van der Waals surface area (Å²) in [6, 6.07) is 0. The van der Waals surface area contributed by atoms with Crippen molar-refractivity contribution in [1.82, 2.24) is 0 Å². The lowest BCUT2D eigenvalue weighted by Gasteiger charge is -2.41. The molecule has 0 radical (unpaired) electrons. The summed E-state index contributed by atoms with van der Waals surface area (Å²) in [5, 5.41) is 19.5. The van der Waals surface area contributed by atoms with E-state index in [4.69, 9.17) is 31.3 Å². The van der Waals surface area contributed by atoms with E-state index in [0.29, 0.717) is 43.6 Å². The van der Waals surface area contributed by atoms with E-state index in [1.807, 2.05) is 6.92 Å². The van der Waals surface area contributed by atoms with Gasteiger partial charge in [-0.25, -0.2) is 0 Å². The maximum Gasteiger partial charge on any atom is 0.522 e. The van der Waals surface area contributed by atoms with Crippen LogP contribution in [0.3, 0.4) is 0 Å². The highest BCUT2D eigenvalue weighted by atomic mass is 32.2. The van der Waals surface area contributed by atoms with E-state index in [0.717, 1.165) is 25.9 Å². The molecule has 1 saturated heterocycles. The Kier molecular flexibility index (Phi) is 48.4. The fraction of sp³-hybridized carbons (Fsp3) is 0.849. The minimum atomic E-state index is -5.48. The quantitative estimate of drug-likeness (QED) is 0.0326. The normalized spacial score (nSPS) is 15.5. The first kappa shape index (κ1) is 106. The second-order valence-electron chi connectivity index (χ2n) is 35.1. The number of hydrogen-bond donors (Lipinski definition) is 2. The topological polar surface area (TPSA) is 169 Å². The Bertz CT molecular complexity index is 2650. The van der Waals surface area contributed by atoms with Gasteiger partial charge in [-0.1, -0.05) is 145 Å². The minimum Gasteiger partial charge on any atom is -0.414 e. The molecule has 572 valence electrons. The molecular formula is C73H147F3O13SSi7. The van der Waals surface area contributed by atoms with Crippen molar-refractivity contribution < 1.29 is 71.8 Å². The molecule has 0 aliphatic carbocycles. The van der Waals surface area contributed by atoms with Crippen LogP contribution in [-0.4, -0.2) is 152 Å². The van der Waals surface area contributed by atoms with Crippen LogP contribution in [0.2, 0.25) is 127 Å². The molecule has 1 aliphatic rings. The highest BCUT2D eigenvalue weighted by molar-refractivity contribution is 7.88. The van der Waals surface area contributed by atoms with E-state index < -0.39 is 85.0 Å². The van der Waals surface area contributed by atoms with Gasteiger partial charge in [-0.15, -0.1) is 59.7 Å². The summed E-state index contributed by atoms with van der Waals surface area (Å²) in [6.45, 7) is 86.4. The maximum absolute atomic E-state index is 12.1. The SMILES string of the molecule is C#CC.CC#CC[C@@H](O)CO[Si](C)(C)C(C)(C)C.CC#CC[C@H](C=O)O[Si](C)(C)C(C)(C)C.CC#CC[C@H](CO)O[Si](C)(C)C(C)(C)C.CC#CC[C@H](CO[Si](C)(C)C(C)(C)C)O[Si](C)(C)C(C)(C)C.CC(C)(C)[Si](C)(C)OC[C@H]1CO1.CC(C)(C)[Si](C)(C)OS(=O)(=O)C(F)(F)F. The summed E-state index contributed by atoms with van der Waals surface area (Å²) in [5.74, 6) is 25.5. The van der Waals surface area contributed by atoms with Gasteiger partial charge in [0, 0.05) is 25.7 Å². The Hall–Kier alpha value is -1.67. The van der Waals surface area contributed by atoms with E-state index in [-0.39, 0.29) is 50.1 Å². The largest absolute Gasteiger partial charge is 0.522 e. The van der Waals surface area contributed by atoms with Crippen LogP contribution >= 0.6 is 0 Å². The number of epoxide rings is 1. The van der Waals surface area contributed by atoms with Crippen LogP contribution in [0, 0.1) is 59.7 Å². The van der Waals surface area contributed by atoms with Gasteiger partial charge in [0.1, 0.15) is 18.5 Å². The van der Waals surface area contributed by atoms with Gasteiger partial charge in [0.2, 0.25) is 8.32 Å². The molecule has 5 atom stereocenters. The fourth-order valence-corrected chi connectivity index (χ4v) is 15.8. The van der Waals surface area contributed by atoms with Gasteiger partial charge in [0.15, 0.2) is 49.9 Å². The second-order valence-corrected chi connectivity index (χ2v) is 70.4. The third kappa shape index (κ3) is 45.9. The van der Waals surface area contributed by atoms with Gasteiger partial charge in [-0.2, -0.15) is 21.6 Å². The minimum absolute atomic E-state index is 0.0567. The molecule has 0 aromatic rings. The number of hydrogen-bond acceptors (Lipinski definition) is 13. The number of aldehydes is 1. The molecule has 1 heterocycles. The van der Waals surface area contributed by atoms with Gasteiger partial charge < -0.3 is 50.2 Å². The zero-order valence-corrected chi connectivity index (χ0v) is 77.1. The Morgan fingerprint density at radius 1 is 0.474 bits per heavy atom. The van der Waals surface area contributed by atoms with Crippen LogP contribution in [0.25, 0.3) is 0 Å². The van der Waals surface area contributed by atoms with Crippen LogP contribution in [0.1, 0.15) is 206 Å². The van der Waals surface area contributed by atoms with Gasteiger partial charge in [0.25, 0.3) is 0 Å². The Morgan fingerprint density at radius 3 is 1.04 bits per heavy atom. The van der Waals surface area contributed by atoms with Crippen molar-refractivity contribution in [3.05, 3.63) is 0 Å². The predicted octanol–water partition coefficient (Wildman–Crippen LogP) is 20.3. The molecule has 2 N–H and O–H groups in total. The number of ether oxygens (including phenoxy) is 1. The Morgan fingerprint density at radius 2 is 0.753 bits per heavy atom. The number of aliphatic hydroxyl groups is 2. The van der Waals surface area contributed by atoms with Crippen LogP contribution in [0.15, 0.2) is 0 Å². The molecule has 0 spiro atoms. The zero-order chi connectivity index (χ0) is 79.0. The number of carbonyl (C=O) groups excluding carboxylic acids is 1. The molecule has 24 heteroatoms. The molecule has 13 nitrogen and oxygen atoms in total. The standard InChI is InChI=1S/C18H38O2Si2.2C12H24O2Si.C12H22O2Si.C9H20O2Si.C7H15F3O3SSi.C3H4/c1-12-13-14-16(20-22(10,11)18(5,6)7)15-19-21(8,9)17(2,3)4;1-7-8-9-11(13)10-14-15(5,6)12(2,3)4;2*1-7-8-9-11(10-13)14-15(5,6)12(2,3)4;1-9(2,3)12(4,5)11-7-8-6-10-8;1-6(2,3)15(4,5)13-14(11,12)7(8,9)10;1-3-2/h16H,14-15H2,1-11H3;2*11,13H,9-10H2,1-6H3;10-11H,9H2,1-6H3;8H,6-7H2,1-5H3;1-5H3;1H,2H3/t16-;3*11-;8-;;/m11111../s1. The van der Waals surface area contributed by atoms with E-state index in [2.05, 4.69) is 267 Å². The third-order valence-corrected chi connectivity index (χ3v) is 53.1. The molecule has 1 rings (SSSR count). The average Bonchev–Trinajstić information content (AvgIpc) is 0.860. The van der Waals surface area contributed by atoms with Crippen molar-refractivity contribution in [2.75, 3.05) is 33.0 Å². The lowest BCUT2D eigenvalue weighted by molar-refractivity contribution is -0.114. The summed E-state index contributed by atoms with van der Waals surface area (Å²) in [4.78, 5) is 10.8. The van der Waals surface area contributed by atoms with Crippen molar-refractivity contribution in [1.29, 1.82) is 0 Å². The van der Waals surface area contributed by atoms with Crippen molar-refractivity contribution in [3.8, 4) is 59.7 Å². The molecule has 0 aromatic heterocycles. The van der Waals surface area contributed by atoms with Crippen molar-refractivity contribution in [2.24, 2.45) is 0 Å². The van der Waals surface area contributed by atoms with Crippen LogP contribution in [-0.2, 0) is 50.1 Å². The Balaban J connectivity index is -0.000000256. The smallest absolute Gasteiger partial charge is 0.414 e. The predicted molar refractivity (Wildman–Crippen MR) is 425 cm³/mol. The first-order valence-corrected chi connectivity index (χ1v) is 55.8. The summed E-state index contributed by atoms with van der Waals surface area (Å²) in [7, 11) is -18.8. The maximum atomic E-state index is 12.1. The highest BCUT2D eigenvalue weighted by Gasteiger charge is 2.53. The lowest BCUT2D eigenvalue weighted by atomic mass is 10.2. The van der Waals surface area contributed by atoms with E-state index in [9.17, 15) is 36.6 Å². The van der Waals surface area contributed by atoms with Crippen LogP contribution in [0.4, 0.5) is 13.2 Å². The monoisotopic (exact) mass is 1520 g/mol.